The summed E-state index contributed by atoms with van der Waals surface area (Å²) >= 11 is 10.8. The van der Waals surface area contributed by atoms with Crippen LogP contribution in [0.15, 0.2) is 18.2 Å². The highest BCUT2D eigenvalue weighted by Gasteiger charge is 2.24. The minimum atomic E-state index is -0.660. The highest BCUT2D eigenvalue weighted by Crippen LogP contribution is 2.23. The van der Waals surface area contributed by atoms with Crippen LogP contribution in [0.5, 0.6) is 0 Å². The van der Waals surface area contributed by atoms with Crippen LogP contribution >= 0.6 is 23.8 Å². The number of carbonyl (C=O) groups excluding carboxylic acids is 1. The SMILES string of the molecule is CC(C)(CNc1ccc(Cl)cc1C(N)=S)C(N)=O. The molecule has 5 N–H and O–H groups in total. The number of primary amides is 1. The number of nitrogens with two attached hydrogens (primary N) is 2. The Hall–Kier alpha value is -1.33. The second-order valence-corrected chi connectivity index (χ2v) is 5.53. The first kappa shape index (κ1) is 14.7. The van der Waals surface area contributed by atoms with Crippen molar-refractivity contribution >= 4 is 40.4 Å². The fourth-order valence-electron chi connectivity index (χ4n) is 1.28. The number of hydrogen-bond acceptors (Lipinski definition) is 3. The number of anilines is 1. The van der Waals surface area contributed by atoms with E-state index in [1.54, 1.807) is 32.0 Å². The summed E-state index contributed by atoms with van der Waals surface area (Å²) in [4.78, 5) is 11.5. The molecule has 1 rings (SSSR count). The molecule has 1 aromatic rings. The number of carbonyl (C=O) groups is 1. The van der Waals surface area contributed by atoms with E-state index >= 15 is 0 Å². The molecule has 0 atom stereocenters. The summed E-state index contributed by atoms with van der Waals surface area (Å²) in [5, 5.41) is 3.67. The quantitative estimate of drug-likeness (QED) is 0.722. The number of benzene rings is 1. The van der Waals surface area contributed by atoms with E-state index in [4.69, 9.17) is 35.3 Å². The van der Waals surface area contributed by atoms with Crippen LogP contribution in [0, 0.1) is 5.41 Å². The maximum absolute atomic E-state index is 11.2. The minimum Gasteiger partial charge on any atom is -0.389 e. The molecule has 0 bridgehead atoms. The number of thiocarbonyl (C=S) groups is 1. The van der Waals surface area contributed by atoms with Gasteiger partial charge in [-0.15, -0.1) is 0 Å². The summed E-state index contributed by atoms with van der Waals surface area (Å²) in [6.07, 6.45) is 0. The molecule has 0 aliphatic rings. The lowest BCUT2D eigenvalue weighted by Gasteiger charge is -2.22. The molecular formula is C12H16ClN3OS. The van der Waals surface area contributed by atoms with Crippen molar-refractivity contribution in [2.24, 2.45) is 16.9 Å². The van der Waals surface area contributed by atoms with Gasteiger partial charge in [0.25, 0.3) is 0 Å². The maximum Gasteiger partial charge on any atom is 0.224 e. The van der Waals surface area contributed by atoms with Gasteiger partial charge in [0.2, 0.25) is 5.91 Å². The molecule has 0 aliphatic carbocycles. The summed E-state index contributed by atoms with van der Waals surface area (Å²) in [7, 11) is 0. The highest BCUT2D eigenvalue weighted by atomic mass is 35.5. The Bertz CT molecular complexity index is 488. The van der Waals surface area contributed by atoms with Crippen molar-refractivity contribution in [3.8, 4) is 0 Å². The first-order chi connectivity index (χ1) is 8.24. The van der Waals surface area contributed by atoms with Crippen LogP contribution in [0.25, 0.3) is 0 Å². The molecule has 1 aromatic carbocycles. The lowest BCUT2D eigenvalue weighted by molar-refractivity contribution is -0.125. The van der Waals surface area contributed by atoms with Gasteiger partial charge in [-0.3, -0.25) is 4.79 Å². The Balaban J connectivity index is 2.92. The fraction of sp³-hybridized carbons (Fsp3) is 0.333. The average Bonchev–Trinajstić information content (AvgIpc) is 2.27. The lowest BCUT2D eigenvalue weighted by Crippen LogP contribution is -2.37. The van der Waals surface area contributed by atoms with Crippen LogP contribution in [0.1, 0.15) is 19.4 Å². The van der Waals surface area contributed by atoms with Crippen LogP contribution in [0.3, 0.4) is 0 Å². The van der Waals surface area contributed by atoms with Crippen molar-refractivity contribution in [3.05, 3.63) is 28.8 Å². The number of rotatable bonds is 5. The predicted molar refractivity (Wildman–Crippen MR) is 78.8 cm³/mol. The van der Waals surface area contributed by atoms with Gasteiger partial charge in [0.15, 0.2) is 0 Å². The number of amides is 1. The van der Waals surface area contributed by atoms with Gasteiger partial charge < -0.3 is 16.8 Å². The van der Waals surface area contributed by atoms with E-state index in [0.29, 0.717) is 17.1 Å². The molecule has 6 heteroatoms. The van der Waals surface area contributed by atoms with Crippen LogP contribution < -0.4 is 16.8 Å². The minimum absolute atomic E-state index is 0.247. The molecule has 18 heavy (non-hydrogen) atoms. The van der Waals surface area contributed by atoms with Gasteiger partial charge in [0.1, 0.15) is 4.99 Å². The third kappa shape index (κ3) is 3.58. The third-order valence-electron chi connectivity index (χ3n) is 2.63. The molecule has 0 spiro atoms. The van der Waals surface area contributed by atoms with Crippen molar-refractivity contribution in [3.63, 3.8) is 0 Å². The fourth-order valence-corrected chi connectivity index (χ4v) is 1.62. The van der Waals surface area contributed by atoms with Crippen LogP contribution in [-0.2, 0) is 4.79 Å². The second kappa shape index (κ2) is 5.54. The highest BCUT2D eigenvalue weighted by molar-refractivity contribution is 7.80. The molecule has 0 aromatic heterocycles. The van der Waals surface area contributed by atoms with Gasteiger partial charge in [-0.1, -0.05) is 23.8 Å². The van der Waals surface area contributed by atoms with Crippen LogP contribution in [0.2, 0.25) is 5.02 Å². The van der Waals surface area contributed by atoms with E-state index in [2.05, 4.69) is 5.32 Å². The maximum atomic E-state index is 11.2. The molecule has 4 nitrogen and oxygen atoms in total. The smallest absolute Gasteiger partial charge is 0.224 e. The molecule has 0 fully saturated rings. The van der Waals surface area contributed by atoms with E-state index < -0.39 is 5.41 Å². The van der Waals surface area contributed by atoms with E-state index in [-0.39, 0.29) is 10.9 Å². The van der Waals surface area contributed by atoms with Gasteiger partial charge in [0, 0.05) is 22.8 Å². The largest absolute Gasteiger partial charge is 0.389 e. The molecule has 98 valence electrons. The van der Waals surface area contributed by atoms with Crippen molar-refractivity contribution in [2.45, 2.75) is 13.8 Å². The Morgan fingerprint density at radius 1 is 1.44 bits per heavy atom. The van der Waals surface area contributed by atoms with Crippen molar-refractivity contribution in [1.29, 1.82) is 0 Å². The second-order valence-electron chi connectivity index (χ2n) is 4.66. The average molecular weight is 286 g/mol. The first-order valence-corrected chi connectivity index (χ1v) is 6.16. The van der Waals surface area contributed by atoms with Crippen molar-refractivity contribution < 1.29 is 4.79 Å². The summed E-state index contributed by atoms with van der Waals surface area (Å²) in [6, 6.07) is 5.18. The first-order valence-electron chi connectivity index (χ1n) is 5.37. The zero-order chi connectivity index (χ0) is 13.9. The van der Waals surface area contributed by atoms with Gasteiger partial charge in [-0.25, -0.2) is 0 Å². The molecule has 0 saturated heterocycles. The number of halogens is 1. The summed E-state index contributed by atoms with van der Waals surface area (Å²) in [5.41, 5.74) is 11.7. The van der Waals surface area contributed by atoms with Gasteiger partial charge in [0.05, 0.1) is 5.41 Å². The summed E-state index contributed by atoms with van der Waals surface area (Å²) in [5.74, 6) is -0.374. The number of nitrogens with one attached hydrogen (secondary N) is 1. The van der Waals surface area contributed by atoms with Crippen LogP contribution in [0.4, 0.5) is 5.69 Å². The zero-order valence-electron chi connectivity index (χ0n) is 10.3. The van der Waals surface area contributed by atoms with Crippen LogP contribution in [-0.4, -0.2) is 17.4 Å². The molecule has 0 radical (unpaired) electrons. The summed E-state index contributed by atoms with van der Waals surface area (Å²) < 4.78 is 0. The van der Waals surface area contributed by atoms with E-state index in [9.17, 15) is 4.79 Å². The van der Waals surface area contributed by atoms with Gasteiger partial charge >= 0.3 is 0 Å². The Labute approximate surface area is 117 Å². The van der Waals surface area contributed by atoms with Gasteiger partial charge in [-0.2, -0.15) is 0 Å². The standard InChI is InChI=1S/C12H16ClN3OS/c1-12(2,11(15)17)6-16-9-4-3-7(13)5-8(9)10(14)18/h3-5,16H,6H2,1-2H3,(H2,14,18)(H2,15,17). The van der Waals surface area contributed by atoms with E-state index in [1.807, 2.05) is 0 Å². The Kier molecular flexibility index (Phi) is 4.53. The topological polar surface area (TPSA) is 81.1 Å². The molecule has 0 unspecified atom stereocenters. The molecular weight excluding hydrogens is 270 g/mol. The zero-order valence-corrected chi connectivity index (χ0v) is 11.9. The van der Waals surface area contributed by atoms with Crippen molar-refractivity contribution in [1.82, 2.24) is 0 Å². The third-order valence-corrected chi connectivity index (χ3v) is 3.09. The Morgan fingerprint density at radius 2 is 2.06 bits per heavy atom. The Morgan fingerprint density at radius 3 is 2.56 bits per heavy atom. The normalized spacial score (nSPS) is 11.1. The molecule has 0 heterocycles. The lowest BCUT2D eigenvalue weighted by atomic mass is 9.92. The summed E-state index contributed by atoms with van der Waals surface area (Å²) in [6.45, 7) is 3.91. The van der Waals surface area contributed by atoms with Gasteiger partial charge in [-0.05, 0) is 32.0 Å². The van der Waals surface area contributed by atoms with Crippen molar-refractivity contribution in [2.75, 3.05) is 11.9 Å². The monoisotopic (exact) mass is 285 g/mol. The molecule has 1 amide bonds. The molecule has 0 aliphatic heterocycles. The molecule has 0 saturated carbocycles. The predicted octanol–water partition coefficient (Wildman–Crippen LogP) is 1.90. The van der Waals surface area contributed by atoms with E-state index in [0.717, 1.165) is 5.69 Å². The number of hydrogen-bond donors (Lipinski definition) is 3. The van der Waals surface area contributed by atoms with E-state index in [1.165, 1.54) is 0 Å².